The molecule has 92 valence electrons. The number of aromatic hydroxyl groups is 1. The van der Waals surface area contributed by atoms with Crippen LogP contribution in [0.4, 0.5) is 30.9 Å². The van der Waals surface area contributed by atoms with E-state index >= 15 is 0 Å². The molecule has 1 N–H and O–H groups in total. The van der Waals surface area contributed by atoms with Gasteiger partial charge in [-0.3, -0.25) is 0 Å². The number of nitrogens with zero attached hydrogens (tertiary/aromatic N) is 2. The molecule has 3 nitrogen and oxygen atoms in total. The molecule has 0 unspecified atom stereocenters. The van der Waals surface area contributed by atoms with Gasteiger partial charge in [-0.1, -0.05) is 12.1 Å². The standard InChI is InChI=1S/C6H4N2O.F6P/c7-8-5-3-1-2-4-6(5)9;1-7(2,3,4,5)6/h1-4H;/q;-1/p+1. The molecule has 10 heteroatoms. The fraction of sp³-hybridized carbons (Fsp3) is 0. The quantitative estimate of drug-likeness (QED) is 0.395. The third-order valence-corrected chi connectivity index (χ3v) is 0.989. The Morgan fingerprint density at radius 2 is 1.38 bits per heavy atom. The SMILES string of the molecule is F[P-](F)(F)(F)(F)F.N#[N+]c1ccccc1O. The zero-order chi connectivity index (χ0) is 13.1. The van der Waals surface area contributed by atoms with Crippen molar-refractivity contribution in [1.82, 2.24) is 0 Å². The van der Waals surface area contributed by atoms with Crippen molar-refractivity contribution >= 4 is 13.5 Å². The van der Waals surface area contributed by atoms with E-state index in [9.17, 15) is 25.2 Å². The Balaban J connectivity index is 0.000000293. The predicted molar refractivity (Wildman–Crippen MR) is 46.4 cm³/mol. The molecule has 16 heavy (non-hydrogen) atoms. The van der Waals surface area contributed by atoms with E-state index in [-0.39, 0.29) is 11.4 Å². The third kappa shape index (κ3) is 12.4. The van der Waals surface area contributed by atoms with Gasteiger partial charge in [-0.05, 0) is 6.07 Å². The van der Waals surface area contributed by atoms with Crippen LogP contribution in [0.2, 0.25) is 0 Å². The molecule has 0 aromatic heterocycles. The molecule has 1 aromatic rings. The van der Waals surface area contributed by atoms with Gasteiger partial charge in [0.15, 0.2) is 4.98 Å². The van der Waals surface area contributed by atoms with Gasteiger partial charge in [0.2, 0.25) is 11.1 Å². The number of hydrogen-bond acceptors (Lipinski definition) is 2. The van der Waals surface area contributed by atoms with Crippen LogP contribution in [0.1, 0.15) is 0 Å². The molecule has 0 atom stereocenters. The summed E-state index contributed by atoms with van der Waals surface area (Å²) in [6.07, 6.45) is 0. The number of diazo groups is 1. The van der Waals surface area contributed by atoms with Crippen molar-refractivity contribution in [2.45, 2.75) is 0 Å². The smallest absolute Gasteiger partial charge is 0.426 e. The summed E-state index contributed by atoms with van der Waals surface area (Å²) < 4.78 is 59.2. The Morgan fingerprint density at radius 1 is 1.00 bits per heavy atom. The van der Waals surface area contributed by atoms with Gasteiger partial charge in [0.1, 0.15) is 0 Å². The number of phenolic OH excluding ortho intramolecular Hbond substituents is 1. The minimum atomic E-state index is -10.7. The average molecular weight is 266 g/mol. The molecule has 0 aliphatic rings. The number of hydrogen-bond donors (Lipinski definition) is 1. The molecule has 0 aliphatic heterocycles. The minimum absolute atomic E-state index is 0.0139. The van der Waals surface area contributed by atoms with Gasteiger partial charge < -0.3 is 5.11 Å². The number of phenols is 1. The first-order valence-electron chi connectivity index (χ1n) is 3.49. The molecule has 0 bridgehead atoms. The Hall–Kier alpha value is -1.55. The van der Waals surface area contributed by atoms with E-state index in [1.165, 1.54) is 12.1 Å². The molecule has 0 fully saturated rings. The van der Waals surface area contributed by atoms with E-state index in [0.717, 1.165) is 0 Å². The second-order valence-electron chi connectivity index (χ2n) is 2.55. The van der Waals surface area contributed by atoms with Gasteiger partial charge in [-0.2, -0.15) is 0 Å². The topological polar surface area (TPSA) is 48.4 Å². The minimum Gasteiger partial charge on any atom is -0.501 e. The van der Waals surface area contributed by atoms with Crippen molar-refractivity contribution in [3.05, 3.63) is 29.2 Å². The normalized spacial score (nSPS) is 14.8. The summed E-state index contributed by atoms with van der Waals surface area (Å²) in [6, 6.07) is 6.29. The Bertz CT molecular complexity index is 410. The number of benzene rings is 1. The second kappa shape index (κ2) is 3.49. The molecule has 0 saturated carbocycles. The summed E-state index contributed by atoms with van der Waals surface area (Å²) in [4.78, 5) is 2.82. The summed E-state index contributed by atoms with van der Waals surface area (Å²) in [5.41, 5.74) is 0.192. The van der Waals surface area contributed by atoms with Gasteiger partial charge in [0, 0.05) is 6.07 Å². The fourth-order valence-corrected chi connectivity index (χ4v) is 0.549. The molecule has 0 spiro atoms. The van der Waals surface area contributed by atoms with Crippen molar-refractivity contribution in [3.63, 3.8) is 0 Å². The van der Waals surface area contributed by atoms with Gasteiger partial charge in [-0.15, -0.1) is 0 Å². The van der Waals surface area contributed by atoms with Gasteiger partial charge >= 0.3 is 38.7 Å². The summed E-state index contributed by atoms with van der Waals surface area (Å²) in [5.74, 6) is -0.0139. The van der Waals surface area contributed by atoms with Crippen molar-refractivity contribution in [1.29, 1.82) is 5.39 Å². The molecule has 0 amide bonds. The Labute approximate surface area is 85.2 Å². The first-order chi connectivity index (χ1) is 6.79. The van der Waals surface area contributed by atoms with Crippen LogP contribution in [0.5, 0.6) is 5.75 Å². The number of rotatable bonds is 0. The second-order valence-corrected chi connectivity index (χ2v) is 4.46. The van der Waals surface area contributed by atoms with Crippen LogP contribution < -0.4 is 0 Å². The first kappa shape index (κ1) is 14.5. The zero-order valence-corrected chi connectivity index (χ0v) is 8.26. The third-order valence-electron chi connectivity index (χ3n) is 0.989. The maximum Gasteiger partial charge on any atom is 0.426 e. The van der Waals surface area contributed by atoms with Gasteiger partial charge in [0.25, 0.3) is 0 Å². The molecule has 1 rings (SSSR count). The van der Waals surface area contributed by atoms with E-state index in [4.69, 9.17) is 10.5 Å². The van der Waals surface area contributed by atoms with Gasteiger partial charge in [-0.25, -0.2) is 0 Å². The van der Waals surface area contributed by atoms with E-state index in [0.29, 0.717) is 0 Å². The molecular formula is C6H5F6N2OP. The summed E-state index contributed by atoms with van der Waals surface area (Å²) in [5, 5.41) is 17.0. The molecule has 0 saturated heterocycles. The Kier molecular flexibility index (Phi) is 3.15. The predicted octanol–water partition coefficient (Wildman–Crippen LogP) is 5.26. The monoisotopic (exact) mass is 266 g/mol. The van der Waals surface area contributed by atoms with Crippen LogP contribution in [0.25, 0.3) is 4.98 Å². The fourth-order valence-electron chi connectivity index (χ4n) is 0.549. The van der Waals surface area contributed by atoms with Crippen LogP contribution in [0, 0.1) is 5.39 Å². The molecular weight excluding hydrogens is 261 g/mol. The maximum absolute atomic E-state index is 10.7. The van der Waals surface area contributed by atoms with Crippen LogP contribution in [-0.2, 0) is 0 Å². The maximum atomic E-state index is 9.87. The summed E-state index contributed by atoms with van der Waals surface area (Å²) in [6.45, 7) is 0. The van der Waals surface area contributed by atoms with E-state index in [2.05, 4.69) is 4.98 Å². The van der Waals surface area contributed by atoms with Crippen LogP contribution in [0.15, 0.2) is 24.3 Å². The summed E-state index contributed by atoms with van der Waals surface area (Å²) in [7, 11) is -10.7. The zero-order valence-electron chi connectivity index (χ0n) is 7.37. The van der Waals surface area contributed by atoms with E-state index in [1.54, 1.807) is 12.1 Å². The average Bonchev–Trinajstić information content (AvgIpc) is 1.99. The Morgan fingerprint density at radius 3 is 1.62 bits per heavy atom. The van der Waals surface area contributed by atoms with Crippen molar-refractivity contribution in [2.24, 2.45) is 0 Å². The number of halogens is 6. The van der Waals surface area contributed by atoms with Crippen LogP contribution in [0.3, 0.4) is 0 Å². The molecule has 0 heterocycles. The molecule has 1 aromatic carbocycles. The molecule has 0 aliphatic carbocycles. The van der Waals surface area contributed by atoms with Crippen LogP contribution >= 0.6 is 7.81 Å². The molecule has 0 radical (unpaired) electrons. The van der Waals surface area contributed by atoms with Gasteiger partial charge in [0.05, 0.1) is 0 Å². The summed E-state index contributed by atoms with van der Waals surface area (Å²) >= 11 is 0. The van der Waals surface area contributed by atoms with Crippen molar-refractivity contribution in [3.8, 4) is 5.75 Å². The van der Waals surface area contributed by atoms with Crippen molar-refractivity contribution < 1.29 is 30.3 Å². The number of para-hydroxylation sites is 1. The van der Waals surface area contributed by atoms with E-state index in [1.807, 2.05) is 0 Å². The largest absolute Gasteiger partial charge is 0.501 e. The van der Waals surface area contributed by atoms with Crippen molar-refractivity contribution in [2.75, 3.05) is 0 Å². The first-order valence-corrected chi connectivity index (χ1v) is 5.52. The van der Waals surface area contributed by atoms with Crippen LogP contribution in [-0.4, -0.2) is 5.11 Å². The van der Waals surface area contributed by atoms with E-state index < -0.39 is 7.81 Å².